The largest absolute Gasteiger partial charge is 0.336 e. The van der Waals surface area contributed by atoms with Crippen molar-refractivity contribution in [2.24, 2.45) is 5.92 Å². The summed E-state index contributed by atoms with van der Waals surface area (Å²) in [4.78, 5) is 22.7. The number of para-hydroxylation sites is 2. The maximum absolute atomic E-state index is 11.9. The molecule has 1 unspecified atom stereocenters. The Hall–Kier alpha value is -1.49. The minimum Gasteiger partial charge on any atom is -0.336 e. The van der Waals surface area contributed by atoms with Gasteiger partial charge < -0.3 is 4.90 Å². The summed E-state index contributed by atoms with van der Waals surface area (Å²) in [5.41, 5.74) is 2.61. The molecule has 0 radical (unpaired) electrons. The maximum atomic E-state index is 11.9. The number of carbonyl (C=O) groups excluding carboxylic acids is 1. The predicted octanol–water partition coefficient (Wildman–Crippen LogP) is 2.37. The molecule has 1 atom stereocenters. The first kappa shape index (κ1) is 12.5. The number of likely N-dealkylation sites (tertiary alicyclic amines) is 1. The number of benzene rings is 1. The molecule has 1 saturated heterocycles. The van der Waals surface area contributed by atoms with Gasteiger partial charge in [-0.15, -0.1) is 0 Å². The van der Waals surface area contributed by atoms with E-state index in [4.69, 9.17) is 0 Å². The van der Waals surface area contributed by atoms with Gasteiger partial charge in [-0.3, -0.25) is 9.78 Å². The molecular formula is C14H14BrN3O. The topological polar surface area (TPSA) is 46.1 Å². The Morgan fingerprint density at radius 1 is 1.32 bits per heavy atom. The summed E-state index contributed by atoms with van der Waals surface area (Å²) in [7, 11) is 0. The Morgan fingerprint density at radius 2 is 2.11 bits per heavy atom. The van der Waals surface area contributed by atoms with Crippen LogP contribution < -0.4 is 0 Å². The van der Waals surface area contributed by atoms with Gasteiger partial charge >= 0.3 is 0 Å². The van der Waals surface area contributed by atoms with Crippen molar-refractivity contribution in [2.75, 3.05) is 11.9 Å². The smallest absolute Gasteiger partial charge is 0.223 e. The highest BCUT2D eigenvalue weighted by molar-refractivity contribution is 9.09. The van der Waals surface area contributed by atoms with Crippen molar-refractivity contribution in [3.63, 3.8) is 0 Å². The lowest BCUT2D eigenvalue weighted by Gasteiger charge is -2.15. The quantitative estimate of drug-likeness (QED) is 0.816. The predicted molar refractivity (Wildman–Crippen MR) is 76.9 cm³/mol. The third-order valence-corrected chi connectivity index (χ3v) is 4.28. The van der Waals surface area contributed by atoms with Crippen molar-refractivity contribution < 1.29 is 4.79 Å². The molecule has 0 N–H and O–H groups in total. The van der Waals surface area contributed by atoms with E-state index in [2.05, 4.69) is 25.9 Å². The van der Waals surface area contributed by atoms with E-state index in [0.717, 1.165) is 28.6 Å². The molecule has 1 aromatic carbocycles. The SMILES string of the molecule is O=C1CC(CBr)CN1Cc1cnc2ccccc2n1. The van der Waals surface area contributed by atoms with Crippen LogP contribution in [0.5, 0.6) is 0 Å². The fourth-order valence-electron chi connectivity index (χ4n) is 2.38. The Balaban J connectivity index is 1.80. The van der Waals surface area contributed by atoms with Crippen molar-refractivity contribution >= 4 is 32.9 Å². The zero-order valence-electron chi connectivity index (χ0n) is 10.4. The molecule has 3 rings (SSSR count). The van der Waals surface area contributed by atoms with E-state index in [0.29, 0.717) is 18.9 Å². The van der Waals surface area contributed by atoms with E-state index in [1.54, 1.807) is 6.20 Å². The van der Waals surface area contributed by atoms with Crippen molar-refractivity contribution in [2.45, 2.75) is 13.0 Å². The Bertz CT molecular complexity index is 616. The molecule has 0 spiro atoms. The third kappa shape index (κ3) is 2.61. The van der Waals surface area contributed by atoms with Crippen molar-refractivity contribution in [3.05, 3.63) is 36.2 Å². The Labute approximate surface area is 120 Å². The van der Waals surface area contributed by atoms with E-state index in [1.807, 2.05) is 29.2 Å². The molecule has 0 aliphatic carbocycles. The van der Waals surface area contributed by atoms with Crippen molar-refractivity contribution in [1.29, 1.82) is 0 Å². The van der Waals surface area contributed by atoms with Crippen LogP contribution in [0, 0.1) is 5.92 Å². The number of aromatic nitrogens is 2. The van der Waals surface area contributed by atoms with Gasteiger partial charge in [0.1, 0.15) is 0 Å². The number of rotatable bonds is 3. The van der Waals surface area contributed by atoms with Gasteiger partial charge in [0.2, 0.25) is 5.91 Å². The van der Waals surface area contributed by atoms with Crippen LogP contribution in [0.15, 0.2) is 30.5 Å². The van der Waals surface area contributed by atoms with Gasteiger partial charge in [-0.25, -0.2) is 4.98 Å². The number of hydrogen-bond donors (Lipinski definition) is 0. The van der Waals surface area contributed by atoms with E-state index >= 15 is 0 Å². The van der Waals surface area contributed by atoms with Crippen LogP contribution in [0.3, 0.4) is 0 Å². The van der Waals surface area contributed by atoms with Crippen LogP contribution in [0.2, 0.25) is 0 Å². The van der Waals surface area contributed by atoms with E-state index < -0.39 is 0 Å². The number of amides is 1. The highest BCUT2D eigenvalue weighted by Crippen LogP contribution is 2.21. The molecular weight excluding hydrogens is 306 g/mol. The lowest BCUT2D eigenvalue weighted by molar-refractivity contribution is -0.128. The minimum atomic E-state index is 0.208. The third-order valence-electron chi connectivity index (χ3n) is 3.36. The summed E-state index contributed by atoms with van der Waals surface area (Å²) in [6.45, 7) is 1.36. The van der Waals surface area contributed by atoms with Crippen LogP contribution >= 0.6 is 15.9 Å². The molecule has 2 aromatic rings. The molecule has 1 aromatic heterocycles. The van der Waals surface area contributed by atoms with Crippen LogP contribution in [0.1, 0.15) is 12.1 Å². The molecule has 98 valence electrons. The van der Waals surface area contributed by atoms with Crippen LogP contribution in [-0.4, -0.2) is 32.6 Å². The molecule has 1 aliphatic heterocycles. The molecule has 19 heavy (non-hydrogen) atoms. The van der Waals surface area contributed by atoms with Gasteiger partial charge in [-0.05, 0) is 18.1 Å². The summed E-state index contributed by atoms with van der Waals surface area (Å²) in [5, 5.41) is 0.874. The second kappa shape index (κ2) is 5.25. The molecule has 0 saturated carbocycles. The lowest BCUT2D eigenvalue weighted by Crippen LogP contribution is -2.25. The summed E-state index contributed by atoms with van der Waals surface area (Å²) in [5.74, 6) is 0.625. The summed E-state index contributed by atoms with van der Waals surface area (Å²) >= 11 is 3.44. The number of fused-ring (bicyclic) bond motifs is 1. The monoisotopic (exact) mass is 319 g/mol. The van der Waals surface area contributed by atoms with Gasteiger partial charge in [-0.2, -0.15) is 0 Å². The van der Waals surface area contributed by atoms with Gasteiger partial charge in [0, 0.05) is 18.3 Å². The van der Waals surface area contributed by atoms with E-state index in [-0.39, 0.29) is 5.91 Å². The highest BCUT2D eigenvalue weighted by atomic mass is 79.9. The molecule has 0 bridgehead atoms. The minimum absolute atomic E-state index is 0.208. The number of halogens is 1. The first-order chi connectivity index (χ1) is 9.26. The zero-order chi connectivity index (χ0) is 13.2. The van der Waals surface area contributed by atoms with Crippen LogP contribution in [0.25, 0.3) is 11.0 Å². The van der Waals surface area contributed by atoms with E-state index in [9.17, 15) is 4.79 Å². The first-order valence-electron chi connectivity index (χ1n) is 6.30. The average molecular weight is 320 g/mol. The van der Waals surface area contributed by atoms with Gasteiger partial charge in [-0.1, -0.05) is 28.1 Å². The van der Waals surface area contributed by atoms with Gasteiger partial charge in [0.15, 0.2) is 0 Å². The Morgan fingerprint density at radius 3 is 2.84 bits per heavy atom. The molecule has 2 heterocycles. The molecule has 1 amide bonds. The lowest BCUT2D eigenvalue weighted by atomic mass is 10.2. The normalized spacial score (nSPS) is 19.3. The van der Waals surface area contributed by atoms with Crippen LogP contribution in [-0.2, 0) is 11.3 Å². The van der Waals surface area contributed by atoms with Crippen molar-refractivity contribution in [3.8, 4) is 0 Å². The molecule has 4 nitrogen and oxygen atoms in total. The van der Waals surface area contributed by atoms with Gasteiger partial charge in [0.05, 0.1) is 29.5 Å². The summed E-state index contributed by atoms with van der Waals surface area (Å²) in [6, 6.07) is 7.77. The number of carbonyl (C=O) groups is 1. The average Bonchev–Trinajstić information content (AvgIpc) is 2.79. The first-order valence-corrected chi connectivity index (χ1v) is 7.43. The van der Waals surface area contributed by atoms with Gasteiger partial charge in [0.25, 0.3) is 0 Å². The second-order valence-corrected chi connectivity index (χ2v) is 5.50. The number of nitrogens with zero attached hydrogens (tertiary/aromatic N) is 3. The standard InChI is InChI=1S/C14H14BrN3O/c15-6-10-5-14(19)18(8-10)9-11-7-16-12-3-1-2-4-13(12)17-11/h1-4,7,10H,5-6,8-9H2. The fraction of sp³-hybridized carbons (Fsp3) is 0.357. The second-order valence-electron chi connectivity index (χ2n) is 4.85. The van der Waals surface area contributed by atoms with Crippen LogP contribution in [0.4, 0.5) is 0 Å². The summed E-state index contributed by atoms with van der Waals surface area (Å²) < 4.78 is 0. The van der Waals surface area contributed by atoms with Crippen molar-refractivity contribution in [1.82, 2.24) is 14.9 Å². The summed E-state index contributed by atoms with van der Waals surface area (Å²) in [6.07, 6.45) is 2.39. The molecule has 1 aliphatic rings. The van der Waals surface area contributed by atoms with E-state index in [1.165, 1.54) is 0 Å². The molecule has 5 heteroatoms. The fourth-order valence-corrected chi connectivity index (χ4v) is 2.81. The molecule has 1 fully saturated rings. The number of alkyl halides is 1. The maximum Gasteiger partial charge on any atom is 0.223 e. The highest BCUT2D eigenvalue weighted by Gasteiger charge is 2.28. The Kier molecular flexibility index (Phi) is 3.46. The zero-order valence-corrected chi connectivity index (χ0v) is 12.0. The number of hydrogen-bond acceptors (Lipinski definition) is 3.